The fraction of sp³-hybridized carbons (Fsp3) is 0.500. The maximum Gasteiger partial charge on any atom is 0.194 e. The zero-order valence-corrected chi connectivity index (χ0v) is 19.5. The second-order valence-corrected chi connectivity index (χ2v) is 9.06. The van der Waals surface area contributed by atoms with Crippen LogP contribution in [-0.2, 0) is 13.1 Å². The van der Waals surface area contributed by atoms with Crippen LogP contribution < -0.4 is 5.32 Å². The minimum absolute atomic E-state index is 0. The van der Waals surface area contributed by atoms with Crippen molar-refractivity contribution < 1.29 is 0 Å². The number of nitrogens with zero attached hydrogens (tertiary/aromatic N) is 4. The molecule has 0 radical (unpaired) electrons. The van der Waals surface area contributed by atoms with Gasteiger partial charge in [-0.15, -0.1) is 24.0 Å². The van der Waals surface area contributed by atoms with E-state index in [0.717, 1.165) is 37.9 Å². The summed E-state index contributed by atoms with van der Waals surface area (Å²) in [5, 5.41) is 3.47. The summed E-state index contributed by atoms with van der Waals surface area (Å²) in [6.07, 6.45) is 5.66. The van der Waals surface area contributed by atoms with Crippen molar-refractivity contribution in [3.8, 4) is 0 Å². The van der Waals surface area contributed by atoms with E-state index in [1.807, 2.05) is 30.5 Å². The van der Waals surface area contributed by atoms with Crippen LogP contribution in [0.15, 0.2) is 48.0 Å². The molecule has 0 saturated carbocycles. The molecule has 1 N–H and O–H groups in total. The van der Waals surface area contributed by atoms with Gasteiger partial charge in [-0.25, -0.2) is 9.98 Å². The van der Waals surface area contributed by atoms with Gasteiger partial charge in [0.25, 0.3) is 0 Å². The predicted molar refractivity (Wildman–Crippen MR) is 126 cm³/mol. The number of halogens is 1. The lowest BCUT2D eigenvalue weighted by molar-refractivity contribution is 0.376. The SMILES string of the molecule is CCNC(=NCc1cccc(Cn2ccnc2)c1)N1CCSC(C)(C)C1.I. The molecule has 148 valence electrons. The van der Waals surface area contributed by atoms with E-state index in [4.69, 9.17) is 4.99 Å². The van der Waals surface area contributed by atoms with E-state index in [1.165, 1.54) is 11.1 Å². The molecule has 2 heterocycles. The van der Waals surface area contributed by atoms with Crippen molar-refractivity contribution in [3.05, 3.63) is 54.1 Å². The number of imidazole rings is 1. The van der Waals surface area contributed by atoms with Crippen LogP contribution in [0.5, 0.6) is 0 Å². The summed E-state index contributed by atoms with van der Waals surface area (Å²) in [6.45, 7) is 11.3. The molecule has 27 heavy (non-hydrogen) atoms. The average molecular weight is 499 g/mol. The Morgan fingerprint density at radius 1 is 1.33 bits per heavy atom. The molecule has 0 amide bonds. The normalized spacial score (nSPS) is 16.7. The van der Waals surface area contributed by atoms with Crippen LogP contribution in [0.3, 0.4) is 0 Å². The van der Waals surface area contributed by atoms with Crippen molar-refractivity contribution in [3.63, 3.8) is 0 Å². The van der Waals surface area contributed by atoms with Crippen molar-refractivity contribution in [1.82, 2.24) is 19.8 Å². The average Bonchev–Trinajstić information content (AvgIpc) is 3.11. The number of aliphatic imine (C=N–C) groups is 1. The van der Waals surface area contributed by atoms with Crippen LogP contribution in [0.4, 0.5) is 0 Å². The number of nitrogens with one attached hydrogen (secondary N) is 1. The summed E-state index contributed by atoms with van der Waals surface area (Å²) in [6, 6.07) is 8.66. The van der Waals surface area contributed by atoms with Crippen LogP contribution >= 0.6 is 35.7 Å². The standard InChI is InChI=1S/C20H29N5S.HI/c1-4-22-19(25-10-11-26-20(2,3)15-25)23-13-17-6-5-7-18(12-17)14-24-9-8-21-16-24;/h5-9,12,16H,4,10-11,13-15H2,1-3H3,(H,22,23);1H. The van der Waals surface area contributed by atoms with E-state index >= 15 is 0 Å². The fourth-order valence-electron chi connectivity index (χ4n) is 3.21. The fourth-order valence-corrected chi connectivity index (χ4v) is 4.32. The van der Waals surface area contributed by atoms with Crippen LogP contribution in [0.25, 0.3) is 0 Å². The first-order valence-electron chi connectivity index (χ1n) is 9.26. The second-order valence-electron chi connectivity index (χ2n) is 7.25. The number of benzene rings is 1. The number of guanidine groups is 1. The molecule has 1 aliphatic rings. The van der Waals surface area contributed by atoms with Gasteiger partial charge in [-0.1, -0.05) is 24.3 Å². The van der Waals surface area contributed by atoms with Crippen LogP contribution in [-0.4, -0.2) is 50.5 Å². The molecule has 5 nitrogen and oxygen atoms in total. The van der Waals surface area contributed by atoms with Gasteiger partial charge in [-0.3, -0.25) is 0 Å². The van der Waals surface area contributed by atoms with Gasteiger partial charge >= 0.3 is 0 Å². The highest BCUT2D eigenvalue weighted by Gasteiger charge is 2.28. The molecular formula is C20H30IN5S. The zero-order valence-electron chi connectivity index (χ0n) is 16.4. The first-order chi connectivity index (χ1) is 12.6. The van der Waals surface area contributed by atoms with Gasteiger partial charge < -0.3 is 14.8 Å². The highest BCUT2D eigenvalue weighted by atomic mass is 127. The Balaban J connectivity index is 0.00000261. The summed E-state index contributed by atoms with van der Waals surface area (Å²) in [4.78, 5) is 11.4. The van der Waals surface area contributed by atoms with Crippen molar-refractivity contribution in [2.75, 3.05) is 25.4 Å². The molecule has 1 aromatic carbocycles. The number of thioether (sulfide) groups is 1. The molecule has 0 aliphatic carbocycles. The van der Waals surface area contributed by atoms with Crippen LogP contribution in [0, 0.1) is 0 Å². The number of hydrogen-bond donors (Lipinski definition) is 1. The van der Waals surface area contributed by atoms with E-state index in [2.05, 4.69) is 64.8 Å². The van der Waals surface area contributed by atoms with Crippen molar-refractivity contribution in [2.24, 2.45) is 4.99 Å². The highest BCUT2D eigenvalue weighted by Crippen LogP contribution is 2.29. The third kappa shape index (κ3) is 6.71. The van der Waals surface area contributed by atoms with Crippen molar-refractivity contribution >= 4 is 41.7 Å². The second kappa shape index (κ2) is 10.4. The lowest BCUT2D eigenvalue weighted by Crippen LogP contribution is -2.50. The number of hydrogen-bond acceptors (Lipinski definition) is 3. The van der Waals surface area contributed by atoms with Gasteiger partial charge in [0.05, 0.1) is 12.9 Å². The lowest BCUT2D eigenvalue weighted by Gasteiger charge is -2.39. The summed E-state index contributed by atoms with van der Waals surface area (Å²) >= 11 is 2.05. The van der Waals surface area contributed by atoms with E-state index in [1.54, 1.807) is 0 Å². The summed E-state index contributed by atoms with van der Waals surface area (Å²) in [7, 11) is 0. The Morgan fingerprint density at radius 3 is 2.85 bits per heavy atom. The molecule has 1 aliphatic heterocycles. The minimum atomic E-state index is 0. The molecule has 1 fully saturated rings. The summed E-state index contributed by atoms with van der Waals surface area (Å²) < 4.78 is 2.36. The third-order valence-corrected chi connectivity index (χ3v) is 5.68. The molecule has 1 saturated heterocycles. The molecular weight excluding hydrogens is 469 g/mol. The number of rotatable bonds is 5. The predicted octanol–water partition coefficient (Wildman–Crippen LogP) is 3.84. The maximum absolute atomic E-state index is 4.91. The zero-order chi connectivity index (χ0) is 18.4. The van der Waals surface area contributed by atoms with Gasteiger partial charge in [-0.2, -0.15) is 11.8 Å². The lowest BCUT2D eigenvalue weighted by atomic mass is 10.1. The molecule has 0 spiro atoms. The summed E-state index contributed by atoms with van der Waals surface area (Å²) in [5.41, 5.74) is 2.51. The van der Waals surface area contributed by atoms with Gasteiger partial charge in [0, 0.05) is 49.1 Å². The maximum atomic E-state index is 4.91. The molecule has 3 rings (SSSR count). The monoisotopic (exact) mass is 499 g/mol. The quantitative estimate of drug-likeness (QED) is 0.386. The molecule has 1 aromatic heterocycles. The Labute approximate surface area is 184 Å². The van der Waals surface area contributed by atoms with E-state index in [0.29, 0.717) is 6.54 Å². The summed E-state index contributed by atoms with van der Waals surface area (Å²) in [5.74, 6) is 2.18. The van der Waals surface area contributed by atoms with Crippen molar-refractivity contribution in [1.29, 1.82) is 0 Å². The van der Waals surface area contributed by atoms with Gasteiger partial charge in [0.1, 0.15) is 0 Å². The van der Waals surface area contributed by atoms with E-state index < -0.39 is 0 Å². The van der Waals surface area contributed by atoms with Gasteiger partial charge in [0.15, 0.2) is 5.96 Å². The number of aromatic nitrogens is 2. The van der Waals surface area contributed by atoms with Crippen LogP contribution in [0.1, 0.15) is 31.9 Å². The van der Waals surface area contributed by atoms with Gasteiger partial charge in [0.2, 0.25) is 0 Å². The van der Waals surface area contributed by atoms with Crippen molar-refractivity contribution in [2.45, 2.75) is 38.6 Å². The first-order valence-corrected chi connectivity index (χ1v) is 10.2. The topological polar surface area (TPSA) is 45.5 Å². The molecule has 0 bridgehead atoms. The Kier molecular flexibility index (Phi) is 8.47. The third-order valence-electron chi connectivity index (χ3n) is 4.39. The van der Waals surface area contributed by atoms with E-state index in [-0.39, 0.29) is 28.7 Å². The molecule has 0 unspecified atom stereocenters. The van der Waals surface area contributed by atoms with E-state index in [9.17, 15) is 0 Å². The largest absolute Gasteiger partial charge is 0.357 e. The Morgan fingerprint density at radius 2 is 2.15 bits per heavy atom. The Hall–Kier alpha value is -1.22. The van der Waals surface area contributed by atoms with Crippen LogP contribution in [0.2, 0.25) is 0 Å². The smallest absolute Gasteiger partial charge is 0.194 e. The van der Waals surface area contributed by atoms with Gasteiger partial charge in [-0.05, 0) is 31.9 Å². The minimum Gasteiger partial charge on any atom is -0.357 e. The Bertz CT molecular complexity index is 730. The molecule has 7 heteroatoms. The molecule has 0 atom stereocenters. The molecule has 2 aromatic rings. The highest BCUT2D eigenvalue weighted by molar-refractivity contribution is 14.0. The first kappa shape index (κ1) is 22.1.